The van der Waals surface area contributed by atoms with Crippen molar-refractivity contribution in [3.05, 3.63) is 41.7 Å². The maximum Gasteiger partial charge on any atom is 0.328 e. The molecule has 0 amide bonds. The van der Waals surface area contributed by atoms with Crippen LogP contribution in [0.15, 0.2) is 30.6 Å². The fourth-order valence-electron chi connectivity index (χ4n) is 1.60. The minimum absolute atomic E-state index is 0.0112. The van der Waals surface area contributed by atoms with E-state index in [1.807, 2.05) is 24.3 Å². The number of nitrogens with zero attached hydrogens (tertiary/aromatic N) is 3. The Labute approximate surface area is 111 Å². The van der Waals surface area contributed by atoms with Crippen molar-refractivity contribution in [1.82, 2.24) is 14.8 Å². The number of nitrogens with two attached hydrogens (primary N) is 1. The van der Waals surface area contributed by atoms with E-state index in [0.29, 0.717) is 0 Å². The molecule has 6 nitrogen and oxygen atoms in total. The Morgan fingerprint density at radius 3 is 2.58 bits per heavy atom. The van der Waals surface area contributed by atoms with Gasteiger partial charge < -0.3 is 10.5 Å². The van der Waals surface area contributed by atoms with Gasteiger partial charge in [0, 0.05) is 0 Å². The van der Waals surface area contributed by atoms with Crippen LogP contribution in [0.4, 0.5) is 5.95 Å². The number of esters is 1. The lowest BCUT2D eigenvalue weighted by Crippen LogP contribution is -2.14. The van der Waals surface area contributed by atoms with Gasteiger partial charge >= 0.3 is 5.97 Å². The molecule has 0 saturated carbocycles. The largest absolute Gasteiger partial charge is 0.459 e. The van der Waals surface area contributed by atoms with E-state index in [4.69, 9.17) is 10.5 Å². The fourth-order valence-corrected chi connectivity index (χ4v) is 1.60. The summed E-state index contributed by atoms with van der Waals surface area (Å²) in [4.78, 5) is 15.3. The molecular weight excluding hydrogens is 244 g/mol. The average Bonchev–Trinajstić information content (AvgIpc) is 2.82. The van der Waals surface area contributed by atoms with E-state index in [1.165, 1.54) is 16.6 Å². The van der Waals surface area contributed by atoms with Crippen LogP contribution in [0.1, 0.15) is 18.1 Å². The van der Waals surface area contributed by atoms with Gasteiger partial charge in [-0.3, -0.25) is 4.79 Å². The number of nitrogen functional groups attached to an aromatic ring is 1. The van der Waals surface area contributed by atoms with E-state index in [1.54, 1.807) is 0 Å². The molecule has 0 atom stereocenters. The monoisotopic (exact) mass is 260 g/mol. The standard InChI is InChI=1S/C13H16N4O2/c1-2-10-3-5-11(6-4-10)8-19-12(18)7-17-9-15-13(14)16-17/h3-6,9H,2,7-8H2,1H3,(H2,14,16). The van der Waals surface area contributed by atoms with Crippen molar-refractivity contribution in [2.45, 2.75) is 26.5 Å². The first-order valence-electron chi connectivity index (χ1n) is 6.05. The summed E-state index contributed by atoms with van der Waals surface area (Å²) in [6, 6.07) is 7.97. The van der Waals surface area contributed by atoms with Gasteiger partial charge in [-0.2, -0.15) is 0 Å². The Morgan fingerprint density at radius 2 is 2.00 bits per heavy atom. The third kappa shape index (κ3) is 3.80. The van der Waals surface area contributed by atoms with Crippen LogP contribution < -0.4 is 5.73 Å². The lowest BCUT2D eigenvalue weighted by Gasteiger charge is -2.05. The molecule has 19 heavy (non-hydrogen) atoms. The number of ether oxygens (including phenoxy) is 1. The summed E-state index contributed by atoms with van der Waals surface area (Å²) < 4.78 is 6.49. The van der Waals surface area contributed by atoms with Crippen LogP contribution in [0.5, 0.6) is 0 Å². The number of carbonyl (C=O) groups excluding carboxylic acids is 1. The molecule has 0 spiro atoms. The first kappa shape index (κ1) is 13.1. The summed E-state index contributed by atoms with van der Waals surface area (Å²) in [7, 11) is 0. The van der Waals surface area contributed by atoms with Crippen LogP contribution in [-0.4, -0.2) is 20.7 Å². The molecule has 2 N–H and O–H groups in total. The lowest BCUT2D eigenvalue weighted by molar-refractivity contribution is -0.145. The predicted octanol–water partition coefficient (Wildman–Crippen LogP) is 1.17. The third-order valence-corrected chi connectivity index (χ3v) is 2.68. The van der Waals surface area contributed by atoms with Crippen molar-refractivity contribution in [2.75, 3.05) is 5.73 Å². The number of carbonyl (C=O) groups is 1. The van der Waals surface area contributed by atoms with E-state index < -0.39 is 0 Å². The lowest BCUT2D eigenvalue weighted by atomic mass is 10.1. The zero-order valence-corrected chi connectivity index (χ0v) is 10.7. The van der Waals surface area contributed by atoms with Gasteiger partial charge in [-0.1, -0.05) is 31.2 Å². The summed E-state index contributed by atoms with van der Waals surface area (Å²) in [5.41, 5.74) is 7.57. The van der Waals surface area contributed by atoms with Crippen LogP contribution in [0.3, 0.4) is 0 Å². The van der Waals surface area contributed by atoms with Crippen molar-refractivity contribution in [3.8, 4) is 0 Å². The second kappa shape index (κ2) is 5.99. The highest BCUT2D eigenvalue weighted by atomic mass is 16.5. The van der Waals surface area contributed by atoms with Gasteiger partial charge in [-0.05, 0) is 17.5 Å². The number of aromatic nitrogens is 3. The zero-order chi connectivity index (χ0) is 13.7. The van der Waals surface area contributed by atoms with E-state index in [0.717, 1.165) is 12.0 Å². The van der Waals surface area contributed by atoms with Crippen LogP contribution in [0.25, 0.3) is 0 Å². The van der Waals surface area contributed by atoms with Crippen LogP contribution in [0, 0.1) is 0 Å². The van der Waals surface area contributed by atoms with E-state index in [9.17, 15) is 4.79 Å². The molecule has 0 aliphatic heterocycles. The van der Waals surface area contributed by atoms with Gasteiger partial charge in [-0.25, -0.2) is 9.67 Å². The predicted molar refractivity (Wildman–Crippen MR) is 70.1 cm³/mol. The van der Waals surface area contributed by atoms with Crippen molar-refractivity contribution >= 4 is 11.9 Å². The van der Waals surface area contributed by atoms with Gasteiger partial charge in [-0.15, -0.1) is 5.10 Å². The molecule has 6 heteroatoms. The molecule has 0 aliphatic carbocycles. The number of aryl methyl sites for hydroxylation is 1. The molecule has 100 valence electrons. The number of anilines is 1. The smallest absolute Gasteiger partial charge is 0.328 e. The van der Waals surface area contributed by atoms with Gasteiger partial charge in [0.25, 0.3) is 0 Å². The Bertz CT molecular complexity index is 548. The normalized spacial score (nSPS) is 10.4. The Morgan fingerprint density at radius 1 is 1.32 bits per heavy atom. The highest BCUT2D eigenvalue weighted by Gasteiger charge is 2.06. The summed E-state index contributed by atoms with van der Waals surface area (Å²) in [5, 5.41) is 3.81. The quantitative estimate of drug-likeness (QED) is 0.816. The van der Waals surface area contributed by atoms with E-state index in [-0.39, 0.29) is 25.1 Å². The maximum atomic E-state index is 11.6. The summed E-state index contributed by atoms with van der Waals surface area (Å²) in [6.45, 7) is 2.36. The number of rotatable bonds is 5. The summed E-state index contributed by atoms with van der Waals surface area (Å²) >= 11 is 0. The molecule has 0 unspecified atom stereocenters. The Kier molecular flexibility index (Phi) is 4.12. The van der Waals surface area contributed by atoms with Gasteiger partial charge in [0.1, 0.15) is 19.5 Å². The second-order valence-electron chi connectivity index (χ2n) is 4.13. The van der Waals surface area contributed by atoms with E-state index in [2.05, 4.69) is 17.0 Å². The van der Waals surface area contributed by atoms with E-state index >= 15 is 0 Å². The fraction of sp³-hybridized carbons (Fsp3) is 0.308. The third-order valence-electron chi connectivity index (χ3n) is 2.68. The molecule has 0 aliphatic rings. The Hall–Kier alpha value is -2.37. The van der Waals surface area contributed by atoms with Gasteiger partial charge in [0.2, 0.25) is 5.95 Å². The molecule has 2 rings (SSSR count). The molecule has 1 aromatic carbocycles. The topological polar surface area (TPSA) is 83.0 Å². The molecule has 0 fully saturated rings. The van der Waals surface area contributed by atoms with Crippen LogP contribution in [0.2, 0.25) is 0 Å². The minimum atomic E-state index is -0.371. The summed E-state index contributed by atoms with van der Waals surface area (Å²) in [5.74, 6) is -0.229. The molecular formula is C13H16N4O2. The first-order valence-corrected chi connectivity index (χ1v) is 6.05. The van der Waals surface area contributed by atoms with Crippen molar-refractivity contribution in [3.63, 3.8) is 0 Å². The number of benzene rings is 1. The number of hydrogen-bond acceptors (Lipinski definition) is 5. The van der Waals surface area contributed by atoms with Gasteiger partial charge in [0.05, 0.1) is 0 Å². The Balaban J connectivity index is 1.82. The second-order valence-corrected chi connectivity index (χ2v) is 4.13. The average molecular weight is 260 g/mol. The SMILES string of the molecule is CCc1ccc(COC(=O)Cn2cnc(N)n2)cc1. The molecule has 1 heterocycles. The summed E-state index contributed by atoms with van der Waals surface area (Å²) in [6.07, 6.45) is 2.39. The zero-order valence-electron chi connectivity index (χ0n) is 10.7. The van der Waals surface area contributed by atoms with Crippen LogP contribution in [-0.2, 0) is 29.1 Å². The minimum Gasteiger partial charge on any atom is -0.459 e. The van der Waals surface area contributed by atoms with Crippen molar-refractivity contribution in [1.29, 1.82) is 0 Å². The molecule has 0 radical (unpaired) electrons. The highest BCUT2D eigenvalue weighted by Crippen LogP contribution is 2.06. The molecule has 1 aromatic heterocycles. The molecule has 2 aromatic rings. The molecule has 0 saturated heterocycles. The van der Waals surface area contributed by atoms with Crippen molar-refractivity contribution < 1.29 is 9.53 Å². The highest BCUT2D eigenvalue weighted by molar-refractivity contribution is 5.69. The van der Waals surface area contributed by atoms with Crippen LogP contribution >= 0.6 is 0 Å². The number of hydrogen-bond donors (Lipinski definition) is 1. The van der Waals surface area contributed by atoms with Gasteiger partial charge in [0.15, 0.2) is 0 Å². The maximum absolute atomic E-state index is 11.6. The first-order chi connectivity index (χ1) is 9.17. The molecule has 0 bridgehead atoms. The van der Waals surface area contributed by atoms with Crippen molar-refractivity contribution in [2.24, 2.45) is 0 Å².